The lowest BCUT2D eigenvalue weighted by atomic mass is 10.0. The fourth-order valence-electron chi connectivity index (χ4n) is 3.91. The van der Waals surface area contributed by atoms with Crippen LogP contribution in [-0.2, 0) is 27.9 Å². The molecule has 0 aromatic rings. The lowest BCUT2D eigenvalue weighted by Crippen LogP contribution is -2.28. The van der Waals surface area contributed by atoms with E-state index in [4.69, 9.17) is 24.3 Å². The average Bonchev–Trinajstić information content (AvgIpc) is 2.85. The number of carbonyl (C=O) groups excluding carboxylic acids is 1. The summed E-state index contributed by atoms with van der Waals surface area (Å²) < 4.78 is 32.4. The van der Waals surface area contributed by atoms with E-state index >= 15 is 0 Å². The molecule has 0 aromatic carbocycles. The molecule has 2 unspecified atom stereocenters. The molecule has 2 atom stereocenters. The van der Waals surface area contributed by atoms with E-state index in [0.717, 1.165) is 12.8 Å². The minimum atomic E-state index is -4.23. The third kappa shape index (κ3) is 25.2. The molecule has 0 rings (SSSR count). The van der Waals surface area contributed by atoms with Gasteiger partial charge in [0.2, 0.25) is 0 Å². The van der Waals surface area contributed by atoms with Gasteiger partial charge in [-0.1, -0.05) is 110 Å². The maximum absolute atomic E-state index is 11.8. The zero-order chi connectivity index (χ0) is 26.7. The van der Waals surface area contributed by atoms with Crippen molar-refractivity contribution in [1.82, 2.24) is 0 Å². The number of rotatable bonds is 28. The molecule has 0 bridgehead atoms. The number of nitrogens with two attached hydrogens (primary N) is 1. The molecule has 0 saturated carbocycles. The number of hydrogen-bond acceptors (Lipinski definition) is 7. The van der Waals surface area contributed by atoms with Crippen LogP contribution in [0.5, 0.6) is 0 Å². The van der Waals surface area contributed by atoms with Gasteiger partial charge in [0.25, 0.3) is 0 Å². The number of ether oxygens (including phenoxy) is 2. The minimum absolute atomic E-state index is 0.0934. The standard InChI is InChI=1S/C27H56NO7P/c1-3-5-6-7-8-9-10-11-12-13-14-15-16-17-18-19-22-32-24-26(35-27(29)20-4-2)25-34-36(30,31)33-23-21-28/h26H,3-25,28H2,1-2H3,(H,30,31). The molecule has 0 aliphatic rings. The van der Waals surface area contributed by atoms with Gasteiger partial charge in [-0.05, 0) is 12.8 Å². The number of phosphoric acid groups is 1. The number of carbonyl (C=O) groups is 1. The summed E-state index contributed by atoms with van der Waals surface area (Å²) in [6.45, 7) is 4.56. The van der Waals surface area contributed by atoms with Gasteiger partial charge in [0.05, 0.1) is 19.8 Å². The van der Waals surface area contributed by atoms with Crippen LogP contribution in [0.3, 0.4) is 0 Å². The van der Waals surface area contributed by atoms with Gasteiger partial charge in [-0.3, -0.25) is 13.8 Å². The molecule has 0 aliphatic carbocycles. The first-order chi connectivity index (χ1) is 17.4. The van der Waals surface area contributed by atoms with Crippen LogP contribution in [0.4, 0.5) is 0 Å². The molecule has 0 fully saturated rings. The molecule has 216 valence electrons. The van der Waals surface area contributed by atoms with Crippen molar-refractivity contribution in [3.63, 3.8) is 0 Å². The number of phosphoric ester groups is 1. The van der Waals surface area contributed by atoms with Crippen molar-refractivity contribution in [2.75, 3.05) is 33.0 Å². The fraction of sp³-hybridized carbons (Fsp3) is 0.963. The zero-order valence-electron chi connectivity index (χ0n) is 23.3. The summed E-state index contributed by atoms with van der Waals surface area (Å²) in [5.41, 5.74) is 5.27. The van der Waals surface area contributed by atoms with Gasteiger partial charge < -0.3 is 20.1 Å². The molecular formula is C27H56NO7P. The lowest BCUT2D eigenvalue weighted by Gasteiger charge is -2.19. The van der Waals surface area contributed by atoms with E-state index in [-0.39, 0.29) is 38.8 Å². The van der Waals surface area contributed by atoms with E-state index in [0.29, 0.717) is 13.0 Å². The van der Waals surface area contributed by atoms with Gasteiger partial charge in [-0.15, -0.1) is 0 Å². The Morgan fingerprint density at radius 1 is 0.722 bits per heavy atom. The van der Waals surface area contributed by atoms with Crippen LogP contribution < -0.4 is 5.73 Å². The normalized spacial score (nSPS) is 14.0. The maximum atomic E-state index is 11.8. The molecule has 3 N–H and O–H groups in total. The molecule has 0 aliphatic heterocycles. The highest BCUT2D eigenvalue weighted by Gasteiger charge is 2.25. The fourth-order valence-corrected chi connectivity index (χ4v) is 4.68. The first-order valence-electron chi connectivity index (χ1n) is 14.5. The van der Waals surface area contributed by atoms with E-state index in [1.165, 1.54) is 89.9 Å². The first kappa shape index (κ1) is 35.5. The Balaban J connectivity index is 3.73. The van der Waals surface area contributed by atoms with Crippen molar-refractivity contribution in [3.8, 4) is 0 Å². The SMILES string of the molecule is CCCCCCCCCCCCCCCCCCOCC(COP(=O)(O)OCCN)OC(=O)CCC. The van der Waals surface area contributed by atoms with E-state index in [9.17, 15) is 14.3 Å². The molecular weight excluding hydrogens is 481 g/mol. The lowest BCUT2D eigenvalue weighted by molar-refractivity contribution is -0.154. The van der Waals surface area contributed by atoms with Crippen LogP contribution in [0.15, 0.2) is 0 Å². The van der Waals surface area contributed by atoms with Crippen molar-refractivity contribution in [2.45, 2.75) is 136 Å². The summed E-state index contributed by atoms with van der Waals surface area (Å²) in [7, 11) is -4.23. The summed E-state index contributed by atoms with van der Waals surface area (Å²) in [4.78, 5) is 21.5. The van der Waals surface area contributed by atoms with E-state index in [1.54, 1.807) is 0 Å². The third-order valence-electron chi connectivity index (χ3n) is 5.99. The summed E-state index contributed by atoms with van der Waals surface area (Å²) >= 11 is 0. The van der Waals surface area contributed by atoms with Crippen LogP contribution >= 0.6 is 7.82 Å². The van der Waals surface area contributed by atoms with Gasteiger partial charge in [0.15, 0.2) is 0 Å². The zero-order valence-corrected chi connectivity index (χ0v) is 24.2. The number of unbranched alkanes of at least 4 members (excludes halogenated alkanes) is 15. The molecule has 9 heteroatoms. The molecule has 0 spiro atoms. The Morgan fingerprint density at radius 2 is 1.22 bits per heavy atom. The highest BCUT2D eigenvalue weighted by atomic mass is 31.2. The van der Waals surface area contributed by atoms with Gasteiger partial charge >= 0.3 is 13.8 Å². The van der Waals surface area contributed by atoms with E-state index in [1.807, 2.05) is 6.92 Å². The van der Waals surface area contributed by atoms with Crippen LogP contribution in [0, 0.1) is 0 Å². The van der Waals surface area contributed by atoms with Crippen molar-refractivity contribution in [2.24, 2.45) is 5.73 Å². The summed E-state index contributed by atoms with van der Waals surface area (Å²) in [6, 6.07) is 0. The summed E-state index contributed by atoms with van der Waals surface area (Å²) in [5.74, 6) is -0.382. The second-order valence-corrected chi connectivity index (χ2v) is 11.1. The molecule has 0 amide bonds. The maximum Gasteiger partial charge on any atom is 0.472 e. The third-order valence-corrected chi connectivity index (χ3v) is 6.98. The highest BCUT2D eigenvalue weighted by Crippen LogP contribution is 2.43. The van der Waals surface area contributed by atoms with Crippen LogP contribution in [0.1, 0.15) is 129 Å². The van der Waals surface area contributed by atoms with E-state index in [2.05, 4.69) is 6.92 Å². The first-order valence-corrected chi connectivity index (χ1v) is 16.0. The Labute approximate surface area is 221 Å². The van der Waals surface area contributed by atoms with Crippen molar-refractivity contribution in [3.05, 3.63) is 0 Å². The Morgan fingerprint density at radius 3 is 1.69 bits per heavy atom. The Hall–Kier alpha value is -0.500. The van der Waals surface area contributed by atoms with Crippen molar-refractivity contribution < 1.29 is 32.8 Å². The predicted molar refractivity (Wildman–Crippen MR) is 146 cm³/mol. The van der Waals surface area contributed by atoms with Gasteiger partial charge in [0.1, 0.15) is 6.10 Å². The topological polar surface area (TPSA) is 117 Å². The van der Waals surface area contributed by atoms with Crippen molar-refractivity contribution >= 4 is 13.8 Å². The van der Waals surface area contributed by atoms with Crippen LogP contribution in [0.2, 0.25) is 0 Å². The largest absolute Gasteiger partial charge is 0.472 e. The Bertz CT molecular complexity index is 536. The second-order valence-electron chi connectivity index (χ2n) is 9.63. The Kier molecular flexibility index (Phi) is 25.8. The van der Waals surface area contributed by atoms with Crippen LogP contribution in [-0.4, -0.2) is 49.9 Å². The van der Waals surface area contributed by atoms with Gasteiger partial charge in [-0.25, -0.2) is 4.57 Å². The predicted octanol–water partition coefficient (Wildman–Crippen LogP) is 7.07. The minimum Gasteiger partial charge on any atom is -0.457 e. The molecule has 0 aromatic heterocycles. The van der Waals surface area contributed by atoms with Gasteiger partial charge in [-0.2, -0.15) is 0 Å². The highest BCUT2D eigenvalue weighted by molar-refractivity contribution is 7.47. The molecule has 0 heterocycles. The molecule has 0 radical (unpaired) electrons. The summed E-state index contributed by atoms with van der Waals surface area (Å²) in [5, 5.41) is 0. The average molecular weight is 538 g/mol. The quantitative estimate of drug-likeness (QED) is 0.0618. The smallest absolute Gasteiger partial charge is 0.457 e. The molecule has 0 saturated heterocycles. The number of esters is 1. The van der Waals surface area contributed by atoms with E-state index < -0.39 is 13.9 Å². The number of hydrogen-bond donors (Lipinski definition) is 2. The van der Waals surface area contributed by atoms with Crippen molar-refractivity contribution in [1.29, 1.82) is 0 Å². The van der Waals surface area contributed by atoms with Gasteiger partial charge in [0, 0.05) is 19.6 Å². The second kappa shape index (κ2) is 26.1. The summed E-state index contributed by atoms with van der Waals surface area (Å²) in [6.07, 6.45) is 21.2. The molecule has 36 heavy (non-hydrogen) atoms. The van der Waals surface area contributed by atoms with Crippen LogP contribution in [0.25, 0.3) is 0 Å². The molecule has 8 nitrogen and oxygen atoms in total. The monoisotopic (exact) mass is 537 g/mol.